The van der Waals surface area contributed by atoms with Crippen LogP contribution in [0.1, 0.15) is 17.0 Å². The Balaban J connectivity index is 2.69. The van der Waals surface area contributed by atoms with Crippen molar-refractivity contribution in [3.8, 4) is 22.6 Å². The van der Waals surface area contributed by atoms with Crippen LogP contribution in [0.15, 0.2) is 12.1 Å². The van der Waals surface area contributed by atoms with Crippen LogP contribution in [-0.4, -0.2) is 31.0 Å². The first-order valence-electron chi connectivity index (χ1n) is 6.59. The lowest BCUT2D eigenvalue weighted by Gasteiger charge is -2.15. The number of aromatic nitrogens is 2. The molecule has 0 spiro atoms. The van der Waals surface area contributed by atoms with Crippen LogP contribution in [0.2, 0.25) is 0 Å². The molecule has 108 valence electrons. The average Bonchev–Trinajstić information content (AvgIpc) is 2.77. The summed E-state index contributed by atoms with van der Waals surface area (Å²) >= 11 is 0. The van der Waals surface area contributed by atoms with E-state index in [0.29, 0.717) is 12.3 Å². The van der Waals surface area contributed by atoms with Gasteiger partial charge in [0.1, 0.15) is 0 Å². The summed E-state index contributed by atoms with van der Waals surface area (Å²) in [5.74, 6) is 1.44. The lowest BCUT2D eigenvalue weighted by molar-refractivity contribution is 0.355. The van der Waals surface area contributed by atoms with Gasteiger partial charge in [0.15, 0.2) is 11.5 Å². The number of methoxy groups -OCH3 is 2. The Morgan fingerprint density at radius 1 is 1.20 bits per heavy atom. The van der Waals surface area contributed by atoms with Crippen molar-refractivity contribution in [2.45, 2.75) is 20.3 Å². The molecule has 2 aromatic rings. The first kappa shape index (κ1) is 14.4. The average molecular weight is 275 g/mol. The SMILES string of the molecule is COc1cc(CCN)cc(-c2c(C)n[nH]c2C)c1OC. The number of aromatic amines is 1. The predicted molar refractivity (Wildman–Crippen MR) is 79.4 cm³/mol. The third-order valence-corrected chi connectivity index (χ3v) is 3.37. The summed E-state index contributed by atoms with van der Waals surface area (Å²) in [5.41, 5.74) is 10.8. The van der Waals surface area contributed by atoms with Gasteiger partial charge in [0.2, 0.25) is 0 Å². The molecule has 1 heterocycles. The van der Waals surface area contributed by atoms with Crippen LogP contribution in [0, 0.1) is 13.8 Å². The van der Waals surface area contributed by atoms with E-state index in [1.165, 1.54) is 0 Å². The van der Waals surface area contributed by atoms with Gasteiger partial charge in [0.25, 0.3) is 0 Å². The summed E-state index contributed by atoms with van der Waals surface area (Å²) < 4.78 is 11.0. The molecule has 0 aliphatic carbocycles. The summed E-state index contributed by atoms with van der Waals surface area (Å²) in [4.78, 5) is 0. The summed E-state index contributed by atoms with van der Waals surface area (Å²) in [6.45, 7) is 4.56. The molecule has 1 aromatic heterocycles. The number of rotatable bonds is 5. The van der Waals surface area contributed by atoms with Crippen molar-refractivity contribution in [1.82, 2.24) is 10.2 Å². The highest BCUT2D eigenvalue weighted by Crippen LogP contribution is 2.41. The monoisotopic (exact) mass is 275 g/mol. The minimum absolute atomic E-state index is 0.596. The van der Waals surface area contributed by atoms with Crippen LogP contribution in [0.5, 0.6) is 11.5 Å². The fourth-order valence-corrected chi connectivity index (χ4v) is 2.47. The highest BCUT2D eigenvalue weighted by Gasteiger charge is 2.18. The molecule has 0 unspecified atom stereocenters. The first-order chi connectivity index (χ1) is 9.62. The number of hydrogen-bond acceptors (Lipinski definition) is 4. The van der Waals surface area contributed by atoms with E-state index in [1.807, 2.05) is 19.9 Å². The number of hydrogen-bond donors (Lipinski definition) is 2. The standard InChI is InChI=1S/C15H21N3O2/c1-9-14(10(2)18-17-9)12-7-11(5-6-16)8-13(19-3)15(12)20-4/h7-8H,5-6,16H2,1-4H3,(H,17,18). The summed E-state index contributed by atoms with van der Waals surface area (Å²) in [6, 6.07) is 4.07. The Bertz CT molecular complexity index is 586. The van der Waals surface area contributed by atoms with Gasteiger partial charge in [0, 0.05) is 16.8 Å². The first-order valence-corrected chi connectivity index (χ1v) is 6.59. The lowest BCUT2D eigenvalue weighted by atomic mass is 9.98. The fourth-order valence-electron chi connectivity index (χ4n) is 2.47. The molecule has 2 rings (SSSR count). The Labute approximate surface area is 119 Å². The Kier molecular flexibility index (Phi) is 4.29. The van der Waals surface area contributed by atoms with Gasteiger partial charge in [-0.2, -0.15) is 5.10 Å². The highest BCUT2D eigenvalue weighted by molar-refractivity contribution is 5.78. The van der Waals surface area contributed by atoms with E-state index in [0.717, 1.165) is 40.2 Å². The Morgan fingerprint density at radius 2 is 1.95 bits per heavy atom. The molecule has 0 bridgehead atoms. The number of nitrogens with zero attached hydrogens (tertiary/aromatic N) is 1. The highest BCUT2D eigenvalue weighted by atomic mass is 16.5. The molecule has 0 saturated heterocycles. The van der Waals surface area contributed by atoms with E-state index in [2.05, 4.69) is 16.3 Å². The topological polar surface area (TPSA) is 73.2 Å². The van der Waals surface area contributed by atoms with E-state index in [4.69, 9.17) is 15.2 Å². The lowest BCUT2D eigenvalue weighted by Crippen LogP contribution is -2.04. The second-order valence-corrected chi connectivity index (χ2v) is 4.73. The van der Waals surface area contributed by atoms with E-state index in [9.17, 15) is 0 Å². The molecule has 0 aliphatic heterocycles. The van der Waals surface area contributed by atoms with Gasteiger partial charge in [0.05, 0.1) is 19.9 Å². The molecule has 0 atom stereocenters. The fraction of sp³-hybridized carbons (Fsp3) is 0.400. The van der Waals surface area contributed by atoms with Crippen LogP contribution >= 0.6 is 0 Å². The van der Waals surface area contributed by atoms with Crippen molar-refractivity contribution >= 4 is 0 Å². The number of H-pyrrole nitrogens is 1. The van der Waals surface area contributed by atoms with Gasteiger partial charge in [-0.1, -0.05) is 0 Å². The molecule has 0 fully saturated rings. The summed E-state index contributed by atoms with van der Waals surface area (Å²) in [7, 11) is 3.29. The molecular weight excluding hydrogens is 254 g/mol. The minimum Gasteiger partial charge on any atom is -0.493 e. The second kappa shape index (κ2) is 5.96. The molecule has 20 heavy (non-hydrogen) atoms. The normalized spacial score (nSPS) is 10.7. The van der Waals surface area contributed by atoms with E-state index in [-0.39, 0.29) is 0 Å². The maximum absolute atomic E-state index is 5.66. The zero-order valence-corrected chi connectivity index (χ0v) is 12.4. The Morgan fingerprint density at radius 3 is 2.45 bits per heavy atom. The molecule has 1 aromatic carbocycles. The van der Waals surface area contributed by atoms with Crippen LogP contribution in [0.25, 0.3) is 11.1 Å². The number of aryl methyl sites for hydroxylation is 2. The zero-order valence-electron chi connectivity index (χ0n) is 12.4. The maximum Gasteiger partial charge on any atom is 0.168 e. The van der Waals surface area contributed by atoms with Crippen LogP contribution in [0.4, 0.5) is 0 Å². The van der Waals surface area contributed by atoms with Gasteiger partial charge in [-0.3, -0.25) is 5.10 Å². The molecular formula is C15H21N3O2. The Hall–Kier alpha value is -2.01. The third-order valence-electron chi connectivity index (χ3n) is 3.37. The summed E-state index contributed by atoms with van der Waals surface area (Å²) in [5, 5.41) is 7.26. The van der Waals surface area contributed by atoms with E-state index in [1.54, 1.807) is 14.2 Å². The zero-order chi connectivity index (χ0) is 14.7. The smallest absolute Gasteiger partial charge is 0.168 e. The predicted octanol–water partition coefficient (Wildman–Crippen LogP) is 2.21. The second-order valence-electron chi connectivity index (χ2n) is 4.73. The molecule has 0 saturated carbocycles. The van der Waals surface area contributed by atoms with Gasteiger partial charge in [-0.15, -0.1) is 0 Å². The van der Waals surface area contributed by atoms with Crippen molar-refractivity contribution in [3.05, 3.63) is 29.1 Å². The van der Waals surface area contributed by atoms with Gasteiger partial charge < -0.3 is 15.2 Å². The summed E-state index contributed by atoms with van der Waals surface area (Å²) in [6.07, 6.45) is 0.795. The van der Waals surface area contributed by atoms with Gasteiger partial charge in [-0.05, 0) is 44.5 Å². The van der Waals surface area contributed by atoms with Crippen LogP contribution < -0.4 is 15.2 Å². The quantitative estimate of drug-likeness (QED) is 0.877. The van der Waals surface area contributed by atoms with E-state index >= 15 is 0 Å². The third kappa shape index (κ3) is 2.49. The van der Waals surface area contributed by atoms with Crippen molar-refractivity contribution in [1.29, 1.82) is 0 Å². The molecule has 3 N–H and O–H groups in total. The van der Waals surface area contributed by atoms with Crippen molar-refractivity contribution in [3.63, 3.8) is 0 Å². The number of benzene rings is 1. The van der Waals surface area contributed by atoms with Crippen LogP contribution in [0.3, 0.4) is 0 Å². The van der Waals surface area contributed by atoms with Gasteiger partial charge >= 0.3 is 0 Å². The molecule has 0 amide bonds. The number of nitrogens with one attached hydrogen (secondary N) is 1. The van der Waals surface area contributed by atoms with E-state index < -0.39 is 0 Å². The van der Waals surface area contributed by atoms with Crippen LogP contribution in [-0.2, 0) is 6.42 Å². The molecule has 5 nitrogen and oxygen atoms in total. The van der Waals surface area contributed by atoms with Crippen molar-refractivity contribution in [2.24, 2.45) is 5.73 Å². The largest absolute Gasteiger partial charge is 0.493 e. The molecule has 0 aliphatic rings. The van der Waals surface area contributed by atoms with Crippen molar-refractivity contribution in [2.75, 3.05) is 20.8 Å². The number of ether oxygens (including phenoxy) is 2. The maximum atomic E-state index is 5.66. The minimum atomic E-state index is 0.596. The molecule has 0 radical (unpaired) electrons. The number of nitrogens with two attached hydrogens (primary N) is 1. The van der Waals surface area contributed by atoms with Crippen molar-refractivity contribution < 1.29 is 9.47 Å². The molecule has 5 heteroatoms. The van der Waals surface area contributed by atoms with Gasteiger partial charge in [-0.25, -0.2) is 0 Å².